The van der Waals surface area contributed by atoms with E-state index in [1.165, 1.54) is 0 Å². The first kappa shape index (κ1) is 14.2. The highest BCUT2D eigenvalue weighted by molar-refractivity contribution is 5.98. The minimum absolute atomic E-state index is 0. The Morgan fingerprint density at radius 1 is 0.923 bits per heavy atom. The van der Waals surface area contributed by atoms with Crippen molar-refractivity contribution in [3.05, 3.63) is 0 Å². The number of rotatable bonds is 4. The summed E-state index contributed by atoms with van der Waals surface area (Å²) in [6, 6.07) is -1.93. The van der Waals surface area contributed by atoms with E-state index in [0.717, 1.165) is 0 Å². The Labute approximate surface area is 78.6 Å². The maximum Gasteiger partial charge on any atom is 0.322 e. The van der Waals surface area contributed by atoms with Crippen LogP contribution in [-0.2, 0) is 14.4 Å². The number of aliphatic carboxylic acids is 3. The van der Waals surface area contributed by atoms with Gasteiger partial charge in [0.05, 0.1) is 0 Å². The Morgan fingerprint density at radius 3 is 1.31 bits per heavy atom. The highest BCUT2D eigenvalue weighted by Gasteiger charge is 2.36. The molecule has 5 N–H and O–H groups in total. The van der Waals surface area contributed by atoms with Crippen LogP contribution in [0.25, 0.3) is 0 Å². The van der Waals surface area contributed by atoms with Gasteiger partial charge in [0.25, 0.3) is 0 Å². The number of carbonyl (C=O) groups is 3. The summed E-state index contributed by atoms with van der Waals surface area (Å²) in [5.74, 6) is -7.30. The van der Waals surface area contributed by atoms with Gasteiger partial charge in [-0.25, -0.2) is 0 Å². The third-order valence-electron chi connectivity index (χ3n) is 1.18. The van der Waals surface area contributed by atoms with Gasteiger partial charge in [-0.3, -0.25) is 14.4 Å². The molecule has 0 aromatic heterocycles. The Morgan fingerprint density at radius 2 is 1.23 bits per heavy atom. The van der Waals surface area contributed by atoms with E-state index in [1.54, 1.807) is 0 Å². The molecule has 0 rings (SSSR count). The van der Waals surface area contributed by atoms with Gasteiger partial charge >= 0.3 is 17.9 Å². The van der Waals surface area contributed by atoms with Gasteiger partial charge in [-0.05, 0) is 0 Å². The lowest BCUT2D eigenvalue weighted by molar-refractivity contribution is -0.160. The third kappa shape index (κ3) is 3.72. The van der Waals surface area contributed by atoms with Gasteiger partial charge in [0.2, 0.25) is 0 Å². The molecular formula is C5H8ClNO6. The number of carboxylic acid groups (broad SMARTS) is 3. The van der Waals surface area contributed by atoms with Crippen molar-refractivity contribution in [2.45, 2.75) is 6.04 Å². The molecule has 0 spiro atoms. The molecule has 0 amide bonds. The maximum absolute atomic E-state index is 10.2. The minimum atomic E-state index is -2.11. The topological polar surface area (TPSA) is 138 Å². The Kier molecular flexibility index (Phi) is 5.82. The predicted molar refractivity (Wildman–Crippen MR) is 41.6 cm³/mol. The molecule has 1 atom stereocenters. The molecule has 8 heteroatoms. The summed E-state index contributed by atoms with van der Waals surface area (Å²) < 4.78 is 0. The number of hydrogen-bond donors (Lipinski definition) is 4. The lowest BCUT2D eigenvalue weighted by Crippen LogP contribution is -2.46. The fourth-order valence-corrected chi connectivity index (χ4v) is 0.555. The van der Waals surface area contributed by atoms with Crippen LogP contribution < -0.4 is 5.73 Å². The summed E-state index contributed by atoms with van der Waals surface area (Å²) in [6.45, 7) is 0. The van der Waals surface area contributed by atoms with E-state index in [1.807, 2.05) is 0 Å². The van der Waals surface area contributed by atoms with Crippen molar-refractivity contribution in [3.8, 4) is 0 Å². The second-order valence-electron chi connectivity index (χ2n) is 2.02. The van der Waals surface area contributed by atoms with Crippen molar-refractivity contribution >= 4 is 30.3 Å². The number of nitrogens with two attached hydrogens (primary N) is 1. The van der Waals surface area contributed by atoms with Gasteiger partial charge in [0.1, 0.15) is 6.04 Å². The van der Waals surface area contributed by atoms with Gasteiger partial charge in [-0.2, -0.15) is 0 Å². The third-order valence-corrected chi connectivity index (χ3v) is 1.18. The van der Waals surface area contributed by atoms with Crippen molar-refractivity contribution in [3.63, 3.8) is 0 Å². The Balaban J connectivity index is 0. The highest BCUT2D eigenvalue weighted by atomic mass is 35.5. The average Bonchev–Trinajstić information content (AvgIpc) is 1.85. The highest BCUT2D eigenvalue weighted by Crippen LogP contribution is 2.02. The largest absolute Gasteiger partial charge is 0.481 e. The number of carboxylic acids is 3. The molecule has 76 valence electrons. The fourth-order valence-electron chi connectivity index (χ4n) is 0.555. The first-order valence-electron chi connectivity index (χ1n) is 2.82. The van der Waals surface area contributed by atoms with Gasteiger partial charge < -0.3 is 21.1 Å². The molecule has 0 aromatic carbocycles. The van der Waals surface area contributed by atoms with Crippen LogP contribution in [0, 0.1) is 5.92 Å². The summed E-state index contributed by atoms with van der Waals surface area (Å²) in [4.78, 5) is 30.4. The second-order valence-corrected chi connectivity index (χ2v) is 2.02. The van der Waals surface area contributed by atoms with Crippen molar-refractivity contribution in [1.29, 1.82) is 0 Å². The summed E-state index contributed by atoms with van der Waals surface area (Å²) in [7, 11) is 0. The quantitative estimate of drug-likeness (QED) is 0.422. The lowest BCUT2D eigenvalue weighted by atomic mass is 10.0. The van der Waals surface area contributed by atoms with Gasteiger partial charge in [-0.1, -0.05) is 0 Å². The van der Waals surface area contributed by atoms with E-state index in [4.69, 9.17) is 21.1 Å². The molecule has 0 saturated carbocycles. The van der Waals surface area contributed by atoms with E-state index in [-0.39, 0.29) is 12.4 Å². The summed E-state index contributed by atoms with van der Waals surface area (Å²) in [6.07, 6.45) is 0. The van der Waals surface area contributed by atoms with E-state index in [0.29, 0.717) is 0 Å². The summed E-state index contributed by atoms with van der Waals surface area (Å²) in [5, 5.41) is 24.7. The average molecular weight is 214 g/mol. The smallest absolute Gasteiger partial charge is 0.322 e. The van der Waals surface area contributed by atoms with Crippen molar-refractivity contribution in [1.82, 2.24) is 0 Å². The van der Waals surface area contributed by atoms with Crippen LogP contribution in [0.5, 0.6) is 0 Å². The van der Waals surface area contributed by atoms with Crippen LogP contribution >= 0.6 is 12.4 Å². The summed E-state index contributed by atoms with van der Waals surface area (Å²) >= 11 is 0. The molecule has 0 bridgehead atoms. The molecule has 0 radical (unpaired) electrons. The Bertz CT molecular complexity index is 215. The lowest BCUT2D eigenvalue weighted by Gasteiger charge is -2.10. The van der Waals surface area contributed by atoms with Crippen LogP contribution in [0.1, 0.15) is 0 Å². The fraction of sp³-hybridized carbons (Fsp3) is 0.400. The molecular weight excluding hydrogens is 206 g/mol. The standard InChI is InChI=1S/C5H7NO6.ClH/c6-2(5(11)12)1(3(7)8)4(9)10;/h1-2H,6H2,(H,7,8)(H,9,10)(H,11,12);1H. The monoisotopic (exact) mass is 213 g/mol. The predicted octanol–water partition coefficient (Wildman–Crippen LogP) is -1.39. The van der Waals surface area contributed by atoms with E-state index in [9.17, 15) is 14.4 Å². The molecule has 0 saturated heterocycles. The van der Waals surface area contributed by atoms with Crippen LogP contribution in [0.3, 0.4) is 0 Å². The minimum Gasteiger partial charge on any atom is -0.481 e. The van der Waals surface area contributed by atoms with Crippen LogP contribution in [0.2, 0.25) is 0 Å². The van der Waals surface area contributed by atoms with E-state index >= 15 is 0 Å². The van der Waals surface area contributed by atoms with Crippen LogP contribution in [0.4, 0.5) is 0 Å². The maximum atomic E-state index is 10.2. The zero-order valence-electron chi connectivity index (χ0n) is 6.21. The normalized spacial score (nSPS) is 11.5. The molecule has 7 nitrogen and oxygen atoms in total. The molecule has 0 aliphatic rings. The van der Waals surface area contributed by atoms with Crippen LogP contribution in [0.15, 0.2) is 0 Å². The van der Waals surface area contributed by atoms with E-state index < -0.39 is 29.9 Å². The first-order valence-corrected chi connectivity index (χ1v) is 2.82. The second kappa shape index (κ2) is 5.33. The molecule has 0 aliphatic carbocycles. The SMILES string of the molecule is Cl.NC(C(=O)O)C(C(=O)O)C(=O)O. The molecule has 0 fully saturated rings. The Hall–Kier alpha value is -1.34. The van der Waals surface area contributed by atoms with Gasteiger partial charge in [0.15, 0.2) is 5.92 Å². The molecule has 1 unspecified atom stereocenters. The zero-order valence-corrected chi connectivity index (χ0v) is 7.02. The molecule has 0 aliphatic heterocycles. The number of hydrogen-bond acceptors (Lipinski definition) is 4. The first-order chi connectivity index (χ1) is 5.37. The summed E-state index contributed by atoms with van der Waals surface area (Å²) in [5.41, 5.74) is 4.80. The molecule has 13 heavy (non-hydrogen) atoms. The van der Waals surface area contributed by atoms with Crippen LogP contribution in [-0.4, -0.2) is 39.3 Å². The van der Waals surface area contributed by atoms with Crippen molar-refractivity contribution in [2.24, 2.45) is 11.7 Å². The zero-order chi connectivity index (χ0) is 9.89. The number of halogens is 1. The van der Waals surface area contributed by atoms with E-state index in [2.05, 4.69) is 0 Å². The molecule has 0 heterocycles. The molecule has 0 aromatic rings. The van der Waals surface area contributed by atoms with Crippen molar-refractivity contribution in [2.75, 3.05) is 0 Å². The van der Waals surface area contributed by atoms with Gasteiger partial charge in [-0.15, -0.1) is 12.4 Å². The van der Waals surface area contributed by atoms with Gasteiger partial charge in [0, 0.05) is 0 Å². The van der Waals surface area contributed by atoms with Crippen molar-refractivity contribution < 1.29 is 29.7 Å².